The number of amides is 1. The fourth-order valence-electron chi connectivity index (χ4n) is 2.51. The van der Waals surface area contributed by atoms with E-state index in [2.05, 4.69) is 17.4 Å². The molecule has 3 nitrogen and oxygen atoms in total. The van der Waals surface area contributed by atoms with Gasteiger partial charge in [0.2, 0.25) is 5.91 Å². The van der Waals surface area contributed by atoms with Crippen LogP contribution in [0.3, 0.4) is 0 Å². The summed E-state index contributed by atoms with van der Waals surface area (Å²) in [5.41, 5.74) is 8.72. The lowest BCUT2D eigenvalue weighted by Crippen LogP contribution is -2.24. The van der Waals surface area contributed by atoms with Gasteiger partial charge in [-0.15, -0.1) is 0 Å². The van der Waals surface area contributed by atoms with Crippen LogP contribution in [0.25, 0.3) is 0 Å². The van der Waals surface area contributed by atoms with Crippen molar-refractivity contribution in [2.75, 3.05) is 5.73 Å². The van der Waals surface area contributed by atoms with Crippen molar-refractivity contribution in [3.05, 3.63) is 65.7 Å². The molecule has 3 N–H and O–H groups in total. The van der Waals surface area contributed by atoms with Gasteiger partial charge in [0, 0.05) is 18.2 Å². The summed E-state index contributed by atoms with van der Waals surface area (Å²) in [6.07, 6.45) is 0.956. The van der Waals surface area contributed by atoms with Crippen molar-refractivity contribution in [1.29, 1.82) is 0 Å². The smallest absolute Gasteiger partial charge is 0.224 e. The number of rotatable bonds is 4. The van der Waals surface area contributed by atoms with Gasteiger partial charge < -0.3 is 11.1 Å². The normalized spacial score (nSPS) is 20.4. The first kappa shape index (κ1) is 12.7. The van der Waals surface area contributed by atoms with Gasteiger partial charge in [-0.25, -0.2) is 0 Å². The van der Waals surface area contributed by atoms with E-state index >= 15 is 0 Å². The summed E-state index contributed by atoms with van der Waals surface area (Å²) in [5, 5.41) is 3.00. The van der Waals surface area contributed by atoms with Gasteiger partial charge in [0.05, 0.1) is 0 Å². The summed E-state index contributed by atoms with van der Waals surface area (Å²) < 4.78 is 0. The molecule has 1 amide bonds. The number of benzene rings is 2. The van der Waals surface area contributed by atoms with E-state index in [1.165, 1.54) is 5.56 Å². The SMILES string of the molecule is Nc1ccc(CNC(=O)C2CC2c2ccccc2)cc1. The Morgan fingerprint density at radius 1 is 1.10 bits per heavy atom. The monoisotopic (exact) mass is 266 g/mol. The Labute approximate surface area is 118 Å². The van der Waals surface area contributed by atoms with Crippen molar-refractivity contribution in [1.82, 2.24) is 5.32 Å². The zero-order valence-corrected chi connectivity index (χ0v) is 11.3. The highest BCUT2D eigenvalue weighted by atomic mass is 16.2. The fourth-order valence-corrected chi connectivity index (χ4v) is 2.51. The van der Waals surface area contributed by atoms with E-state index in [9.17, 15) is 4.79 Å². The highest BCUT2D eigenvalue weighted by molar-refractivity contribution is 5.82. The lowest BCUT2D eigenvalue weighted by molar-refractivity contribution is -0.122. The van der Waals surface area contributed by atoms with Gasteiger partial charge in [-0.2, -0.15) is 0 Å². The number of anilines is 1. The number of carbonyl (C=O) groups excluding carboxylic acids is 1. The van der Waals surface area contributed by atoms with E-state index in [0.29, 0.717) is 12.5 Å². The maximum atomic E-state index is 12.1. The second kappa shape index (κ2) is 5.37. The first-order valence-electron chi connectivity index (χ1n) is 6.91. The van der Waals surface area contributed by atoms with Crippen molar-refractivity contribution < 1.29 is 4.79 Å². The molecule has 3 rings (SSSR count). The number of hydrogen-bond donors (Lipinski definition) is 2. The average Bonchev–Trinajstić information content (AvgIpc) is 3.28. The summed E-state index contributed by atoms with van der Waals surface area (Å²) in [5.74, 6) is 0.671. The molecule has 1 aliphatic rings. The minimum Gasteiger partial charge on any atom is -0.399 e. The van der Waals surface area contributed by atoms with Crippen LogP contribution in [0.15, 0.2) is 54.6 Å². The number of carbonyl (C=O) groups is 1. The molecule has 0 spiro atoms. The van der Waals surface area contributed by atoms with Gasteiger partial charge in [0.1, 0.15) is 0 Å². The molecule has 20 heavy (non-hydrogen) atoms. The Morgan fingerprint density at radius 2 is 1.80 bits per heavy atom. The Kier molecular flexibility index (Phi) is 3.42. The molecule has 0 aliphatic heterocycles. The summed E-state index contributed by atoms with van der Waals surface area (Å²) in [6, 6.07) is 17.8. The zero-order chi connectivity index (χ0) is 13.9. The molecular weight excluding hydrogens is 248 g/mol. The highest BCUT2D eigenvalue weighted by Gasteiger charge is 2.43. The maximum absolute atomic E-state index is 12.1. The Balaban J connectivity index is 1.53. The summed E-state index contributed by atoms with van der Waals surface area (Å²) >= 11 is 0. The van der Waals surface area contributed by atoms with Crippen LogP contribution in [0.2, 0.25) is 0 Å². The average molecular weight is 266 g/mol. The van der Waals surface area contributed by atoms with Crippen LogP contribution in [-0.2, 0) is 11.3 Å². The molecule has 3 heteroatoms. The third kappa shape index (κ3) is 2.82. The third-order valence-electron chi connectivity index (χ3n) is 3.80. The molecule has 2 unspecified atom stereocenters. The van der Waals surface area contributed by atoms with Crippen LogP contribution in [0.5, 0.6) is 0 Å². The molecule has 1 fully saturated rings. The van der Waals surface area contributed by atoms with Gasteiger partial charge in [-0.1, -0.05) is 42.5 Å². The highest BCUT2D eigenvalue weighted by Crippen LogP contribution is 2.47. The lowest BCUT2D eigenvalue weighted by Gasteiger charge is -2.05. The third-order valence-corrected chi connectivity index (χ3v) is 3.80. The number of nitrogens with one attached hydrogen (secondary N) is 1. The first-order valence-corrected chi connectivity index (χ1v) is 6.91. The molecule has 2 aromatic rings. The van der Waals surface area contributed by atoms with Crippen LogP contribution in [-0.4, -0.2) is 5.91 Å². The number of nitrogen functional groups attached to an aromatic ring is 1. The van der Waals surface area contributed by atoms with E-state index in [1.54, 1.807) is 0 Å². The molecule has 1 saturated carbocycles. The number of hydrogen-bond acceptors (Lipinski definition) is 2. The zero-order valence-electron chi connectivity index (χ0n) is 11.3. The number of nitrogens with two attached hydrogens (primary N) is 1. The van der Waals surface area contributed by atoms with E-state index in [4.69, 9.17) is 5.73 Å². The minimum atomic E-state index is 0.131. The first-order chi connectivity index (χ1) is 9.74. The second-order valence-corrected chi connectivity index (χ2v) is 5.32. The van der Waals surface area contributed by atoms with Gasteiger partial charge >= 0.3 is 0 Å². The van der Waals surface area contributed by atoms with Crippen LogP contribution >= 0.6 is 0 Å². The van der Waals surface area contributed by atoms with Gasteiger partial charge in [0.25, 0.3) is 0 Å². The molecular formula is C17H18N2O. The Bertz CT molecular complexity index is 592. The Morgan fingerprint density at radius 3 is 2.50 bits per heavy atom. The Hall–Kier alpha value is -2.29. The van der Waals surface area contributed by atoms with Crippen molar-refractivity contribution >= 4 is 11.6 Å². The predicted molar refractivity (Wildman–Crippen MR) is 80.0 cm³/mol. The fraction of sp³-hybridized carbons (Fsp3) is 0.235. The van der Waals surface area contributed by atoms with Crippen LogP contribution in [0.1, 0.15) is 23.5 Å². The quantitative estimate of drug-likeness (QED) is 0.836. The predicted octanol–water partition coefficient (Wildman–Crippen LogP) is 2.69. The lowest BCUT2D eigenvalue weighted by atomic mass is 10.1. The standard InChI is InChI=1S/C17H18N2O/c18-14-8-6-12(7-9-14)11-19-17(20)16-10-15(16)13-4-2-1-3-5-13/h1-9,15-16H,10-11,18H2,(H,19,20). The van der Waals surface area contributed by atoms with Gasteiger partial charge in [0.15, 0.2) is 0 Å². The van der Waals surface area contributed by atoms with Crippen molar-refractivity contribution in [3.63, 3.8) is 0 Å². The van der Waals surface area contributed by atoms with Crippen molar-refractivity contribution in [2.45, 2.75) is 18.9 Å². The van der Waals surface area contributed by atoms with Gasteiger partial charge in [-0.05, 0) is 35.6 Å². The molecule has 0 bridgehead atoms. The minimum absolute atomic E-state index is 0.131. The summed E-state index contributed by atoms with van der Waals surface area (Å²) in [4.78, 5) is 12.1. The molecule has 0 saturated heterocycles. The van der Waals surface area contributed by atoms with Crippen LogP contribution in [0.4, 0.5) is 5.69 Å². The van der Waals surface area contributed by atoms with Crippen LogP contribution in [0, 0.1) is 5.92 Å². The molecule has 2 atom stereocenters. The summed E-state index contributed by atoms with van der Waals surface area (Å²) in [6.45, 7) is 0.567. The molecule has 2 aromatic carbocycles. The molecule has 0 heterocycles. The van der Waals surface area contributed by atoms with Crippen molar-refractivity contribution in [3.8, 4) is 0 Å². The summed E-state index contributed by atoms with van der Waals surface area (Å²) in [7, 11) is 0. The van der Waals surface area contributed by atoms with E-state index in [1.807, 2.05) is 42.5 Å². The second-order valence-electron chi connectivity index (χ2n) is 5.32. The maximum Gasteiger partial charge on any atom is 0.224 e. The molecule has 1 aliphatic carbocycles. The van der Waals surface area contributed by atoms with Crippen LogP contribution < -0.4 is 11.1 Å². The molecule has 102 valence electrons. The largest absolute Gasteiger partial charge is 0.399 e. The van der Waals surface area contributed by atoms with E-state index in [-0.39, 0.29) is 11.8 Å². The molecule has 0 aromatic heterocycles. The van der Waals surface area contributed by atoms with E-state index < -0.39 is 0 Å². The molecule has 0 radical (unpaired) electrons. The van der Waals surface area contributed by atoms with Gasteiger partial charge in [-0.3, -0.25) is 4.79 Å². The van der Waals surface area contributed by atoms with Crippen molar-refractivity contribution in [2.24, 2.45) is 5.92 Å². The topological polar surface area (TPSA) is 55.1 Å². The van der Waals surface area contributed by atoms with E-state index in [0.717, 1.165) is 17.7 Å².